The van der Waals surface area contributed by atoms with Crippen LogP contribution in [0.25, 0.3) is 0 Å². The summed E-state index contributed by atoms with van der Waals surface area (Å²) in [5.41, 5.74) is 4.32. The first-order chi connectivity index (χ1) is 19.0. The third-order valence-corrected chi connectivity index (χ3v) is 6.11. The van der Waals surface area contributed by atoms with E-state index in [1.54, 1.807) is 35.2 Å². The molecule has 0 aliphatic carbocycles. The van der Waals surface area contributed by atoms with Crippen molar-refractivity contribution in [2.45, 2.75) is 19.8 Å². The van der Waals surface area contributed by atoms with Gasteiger partial charge in [-0.15, -0.1) is 0 Å². The first-order valence-electron chi connectivity index (χ1n) is 13.0. The minimum atomic E-state index is -0.257. The van der Waals surface area contributed by atoms with Gasteiger partial charge in [0.2, 0.25) is 11.8 Å². The maximum absolute atomic E-state index is 13.1. The molecular weight excluding hydrogens is 488 g/mol. The molecule has 4 aromatic carbocycles. The van der Waals surface area contributed by atoms with Gasteiger partial charge in [-0.25, -0.2) is 0 Å². The van der Waals surface area contributed by atoms with Crippen molar-refractivity contribution in [3.63, 3.8) is 0 Å². The Labute approximate surface area is 228 Å². The number of benzene rings is 4. The lowest BCUT2D eigenvalue weighted by atomic mass is 10.1. The number of rotatable bonds is 11. The molecule has 0 saturated carbocycles. The molecule has 3 amide bonds. The van der Waals surface area contributed by atoms with Gasteiger partial charge < -0.3 is 20.9 Å². The van der Waals surface area contributed by atoms with Crippen LogP contribution in [0.15, 0.2) is 109 Å². The zero-order valence-electron chi connectivity index (χ0n) is 21.9. The highest BCUT2D eigenvalue weighted by atomic mass is 16.2. The molecule has 39 heavy (non-hydrogen) atoms. The van der Waals surface area contributed by atoms with E-state index in [2.05, 4.69) is 16.0 Å². The Morgan fingerprint density at radius 2 is 1.28 bits per heavy atom. The van der Waals surface area contributed by atoms with Crippen molar-refractivity contribution in [1.82, 2.24) is 0 Å². The second kappa shape index (κ2) is 13.6. The van der Waals surface area contributed by atoms with Crippen molar-refractivity contribution in [1.29, 1.82) is 0 Å². The van der Waals surface area contributed by atoms with Crippen LogP contribution < -0.4 is 20.9 Å². The number of carbonyl (C=O) groups excluding carboxylic acids is 3. The average molecular weight is 521 g/mol. The molecule has 3 N–H and O–H groups in total. The van der Waals surface area contributed by atoms with Crippen molar-refractivity contribution < 1.29 is 14.4 Å². The van der Waals surface area contributed by atoms with Crippen LogP contribution >= 0.6 is 0 Å². The maximum Gasteiger partial charge on any atom is 0.258 e. The molecule has 0 unspecified atom stereocenters. The van der Waals surface area contributed by atoms with Crippen LogP contribution in [-0.4, -0.2) is 30.8 Å². The summed E-state index contributed by atoms with van der Waals surface area (Å²) in [5, 5.41) is 8.83. The predicted molar refractivity (Wildman–Crippen MR) is 157 cm³/mol. The molecule has 4 rings (SSSR count). The van der Waals surface area contributed by atoms with Crippen LogP contribution in [0.2, 0.25) is 0 Å². The zero-order valence-corrected chi connectivity index (χ0v) is 21.9. The number of carbonyl (C=O) groups is 3. The number of amides is 3. The lowest BCUT2D eigenvalue weighted by Gasteiger charge is -2.21. The van der Waals surface area contributed by atoms with Gasteiger partial charge in [-0.2, -0.15) is 0 Å². The molecule has 0 spiro atoms. The molecule has 198 valence electrons. The van der Waals surface area contributed by atoms with Gasteiger partial charge in [0.15, 0.2) is 0 Å². The van der Waals surface area contributed by atoms with Crippen LogP contribution in [0.1, 0.15) is 29.3 Å². The Morgan fingerprint density at radius 3 is 2.00 bits per heavy atom. The molecule has 0 atom stereocenters. The van der Waals surface area contributed by atoms with E-state index in [1.807, 2.05) is 85.8 Å². The fourth-order valence-corrected chi connectivity index (χ4v) is 4.16. The number of para-hydroxylation sites is 1. The predicted octanol–water partition coefficient (Wildman–Crippen LogP) is 5.98. The van der Waals surface area contributed by atoms with Crippen molar-refractivity contribution in [3.05, 3.63) is 120 Å². The molecule has 0 aliphatic rings. The number of nitrogens with zero attached hydrogens (tertiary/aromatic N) is 1. The monoisotopic (exact) mass is 520 g/mol. The van der Waals surface area contributed by atoms with Crippen LogP contribution in [0, 0.1) is 0 Å². The van der Waals surface area contributed by atoms with E-state index in [0.717, 1.165) is 11.3 Å². The second-order valence-electron chi connectivity index (χ2n) is 8.98. The summed E-state index contributed by atoms with van der Waals surface area (Å²) in [6, 6.07) is 33.5. The van der Waals surface area contributed by atoms with E-state index in [1.165, 1.54) is 0 Å². The molecule has 0 bridgehead atoms. The van der Waals surface area contributed by atoms with Crippen LogP contribution in [0.5, 0.6) is 0 Å². The van der Waals surface area contributed by atoms with Crippen LogP contribution in [0.3, 0.4) is 0 Å². The number of hydrogen-bond donors (Lipinski definition) is 3. The minimum absolute atomic E-state index is 0.0225. The van der Waals surface area contributed by atoms with Gasteiger partial charge in [0.1, 0.15) is 0 Å². The Kier molecular flexibility index (Phi) is 9.45. The highest BCUT2D eigenvalue weighted by molar-refractivity contribution is 6.07. The van der Waals surface area contributed by atoms with Gasteiger partial charge in [0.25, 0.3) is 5.91 Å². The van der Waals surface area contributed by atoms with Crippen molar-refractivity contribution >= 4 is 40.5 Å². The largest absolute Gasteiger partial charge is 0.376 e. The third-order valence-electron chi connectivity index (χ3n) is 6.11. The molecule has 0 heterocycles. The third kappa shape index (κ3) is 8.04. The SMILES string of the molecule is CCN(C(=O)c1cccc(NC(=O)CNc2cccc(NC(=O)CCc3ccccc3)c2)c1)c1ccccc1. The van der Waals surface area contributed by atoms with Crippen molar-refractivity contribution in [3.8, 4) is 0 Å². The van der Waals surface area contributed by atoms with Crippen LogP contribution in [-0.2, 0) is 16.0 Å². The van der Waals surface area contributed by atoms with Gasteiger partial charge in [0.05, 0.1) is 6.54 Å². The van der Waals surface area contributed by atoms with E-state index in [-0.39, 0.29) is 24.3 Å². The normalized spacial score (nSPS) is 10.4. The molecule has 0 fully saturated rings. The topological polar surface area (TPSA) is 90.5 Å². The summed E-state index contributed by atoms with van der Waals surface area (Å²) in [7, 11) is 0. The first-order valence-corrected chi connectivity index (χ1v) is 13.0. The number of nitrogens with one attached hydrogen (secondary N) is 3. The summed E-state index contributed by atoms with van der Waals surface area (Å²) in [5.74, 6) is -0.468. The minimum Gasteiger partial charge on any atom is -0.376 e. The van der Waals surface area contributed by atoms with Crippen molar-refractivity contribution in [2.75, 3.05) is 33.9 Å². The Morgan fingerprint density at radius 1 is 0.667 bits per heavy atom. The van der Waals surface area contributed by atoms with Crippen molar-refractivity contribution in [2.24, 2.45) is 0 Å². The van der Waals surface area contributed by atoms with Crippen LogP contribution in [0.4, 0.5) is 22.7 Å². The fourth-order valence-electron chi connectivity index (χ4n) is 4.16. The maximum atomic E-state index is 13.1. The number of hydrogen-bond acceptors (Lipinski definition) is 4. The second-order valence-corrected chi connectivity index (χ2v) is 8.98. The molecule has 0 aliphatic heterocycles. The zero-order chi connectivity index (χ0) is 27.5. The lowest BCUT2D eigenvalue weighted by molar-refractivity contribution is -0.116. The Balaban J connectivity index is 1.29. The first kappa shape index (κ1) is 27.1. The lowest BCUT2D eigenvalue weighted by Crippen LogP contribution is -2.30. The summed E-state index contributed by atoms with van der Waals surface area (Å²) < 4.78 is 0. The quantitative estimate of drug-likeness (QED) is 0.227. The van der Waals surface area contributed by atoms with Gasteiger partial charge in [-0.05, 0) is 67.4 Å². The van der Waals surface area contributed by atoms with Gasteiger partial charge in [-0.1, -0.05) is 60.7 Å². The van der Waals surface area contributed by atoms with E-state index in [9.17, 15) is 14.4 Å². The Bertz CT molecular complexity index is 1410. The molecule has 4 aromatic rings. The fraction of sp³-hybridized carbons (Fsp3) is 0.156. The molecule has 0 radical (unpaired) electrons. The molecule has 7 heteroatoms. The molecule has 0 saturated heterocycles. The van der Waals surface area contributed by atoms with E-state index >= 15 is 0 Å². The average Bonchev–Trinajstić information content (AvgIpc) is 2.97. The standard InChI is InChI=1S/C32H32N4O3/c1-2-36(29-17-7-4-8-18-29)32(39)25-13-9-15-27(21-25)35-31(38)23-33-26-14-10-16-28(22-26)34-30(37)20-19-24-11-5-3-6-12-24/h3-18,21-22,33H,2,19-20,23H2,1H3,(H,34,37)(H,35,38). The summed E-state index contributed by atoms with van der Waals surface area (Å²) in [4.78, 5) is 39.8. The smallest absolute Gasteiger partial charge is 0.258 e. The summed E-state index contributed by atoms with van der Waals surface area (Å²) in [6.07, 6.45) is 1.05. The van der Waals surface area contributed by atoms with E-state index < -0.39 is 0 Å². The van der Waals surface area contributed by atoms with Gasteiger partial charge >= 0.3 is 0 Å². The number of aryl methyl sites for hydroxylation is 1. The Hall–Kier alpha value is -4.91. The highest BCUT2D eigenvalue weighted by Gasteiger charge is 2.16. The molecular formula is C32H32N4O3. The van der Waals surface area contributed by atoms with E-state index in [0.29, 0.717) is 42.0 Å². The molecule has 0 aromatic heterocycles. The highest BCUT2D eigenvalue weighted by Crippen LogP contribution is 2.19. The van der Waals surface area contributed by atoms with E-state index in [4.69, 9.17) is 0 Å². The van der Waals surface area contributed by atoms with Gasteiger partial charge in [0, 0.05) is 41.3 Å². The van der Waals surface area contributed by atoms with Gasteiger partial charge in [-0.3, -0.25) is 14.4 Å². The summed E-state index contributed by atoms with van der Waals surface area (Å²) >= 11 is 0. The summed E-state index contributed by atoms with van der Waals surface area (Å²) in [6.45, 7) is 2.47. The number of anilines is 4. The molecule has 7 nitrogen and oxygen atoms in total.